The standard InChI is InChI=1S/C17H22N2O4/c1-5-17(2,16(22)23-4)19-14(20)11-8-12-6-9-13(10-7-12)15(21)18-3/h6-11H,5H2,1-4H3,(H,18,21)(H,19,20)/b11-8+/t17-/m1/s1. The minimum absolute atomic E-state index is 0.171. The molecule has 1 atom stereocenters. The maximum atomic E-state index is 12.0. The van der Waals surface area contributed by atoms with Crippen LogP contribution < -0.4 is 10.6 Å². The van der Waals surface area contributed by atoms with Crippen molar-refractivity contribution in [1.82, 2.24) is 10.6 Å². The summed E-state index contributed by atoms with van der Waals surface area (Å²) in [6.45, 7) is 3.40. The second-order valence-electron chi connectivity index (χ2n) is 5.20. The molecule has 6 heteroatoms. The highest BCUT2D eigenvalue weighted by atomic mass is 16.5. The fourth-order valence-corrected chi connectivity index (χ4v) is 1.88. The molecule has 0 unspecified atom stereocenters. The molecule has 2 amide bonds. The van der Waals surface area contributed by atoms with Gasteiger partial charge >= 0.3 is 5.97 Å². The molecule has 23 heavy (non-hydrogen) atoms. The average molecular weight is 318 g/mol. The fourth-order valence-electron chi connectivity index (χ4n) is 1.88. The van der Waals surface area contributed by atoms with E-state index in [0.717, 1.165) is 5.56 Å². The Bertz CT molecular complexity index is 608. The van der Waals surface area contributed by atoms with Gasteiger partial charge in [-0.05, 0) is 37.1 Å². The molecule has 1 aromatic carbocycles. The van der Waals surface area contributed by atoms with Crippen LogP contribution in [0, 0.1) is 0 Å². The van der Waals surface area contributed by atoms with Crippen molar-refractivity contribution in [3.05, 3.63) is 41.5 Å². The number of hydrogen-bond acceptors (Lipinski definition) is 4. The molecule has 2 N–H and O–H groups in total. The zero-order valence-electron chi connectivity index (χ0n) is 13.8. The minimum atomic E-state index is -1.06. The molecule has 0 fully saturated rings. The average Bonchev–Trinajstić information content (AvgIpc) is 2.58. The molecule has 0 saturated carbocycles. The smallest absolute Gasteiger partial charge is 0.331 e. The van der Waals surface area contributed by atoms with Crippen LogP contribution >= 0.6 is 0 Å². The highest BCUT2D eigenvalue weighted by molar-refractivity contribution is 5.96. The van der Waals surface area contributed by atoms with E-state index in [0.29, 0.717) is 12.0 Å². The highest BCUT2D eigenvalue weighted by Gasteiger charge is 2.33. The van der Waals surface area contributed by atoms with Crippen molar-refractivity contribution in [2.75, 3.05) is 14.2 Å². The summed E-state index contributed by atoms with van der Waals surface area (Å²) in [7, 11) is 2.85. The van der Waals surface area contributed by atoms with Gasteiger partial charge < -0.3 is 15.4 Å². The summed E-state index contributed by atoms with van der Waals surface area (Å²) < 4.78 is 4.70. The Kier molecular flexibility index (Phi) is 6.50. The normalized spacial score (nSPS) is 13.2. The fraction of sp³-hybridized carbons (Fsp3) is 0.353. The van der Waals surface area contributed by atoms with Gasteiger partial charge in [-0.3, -0.25) is 9.59 Å². The van der Waals surface area contributed by atoms with Gasteiger partial charge in [-0.15, -0.1) is 0 Å². The Labute approximate surface area is 135 Å². The van der Waals surface area contributed by atoms with E-state index < -0.39 is 17.4 Å². The van der Waals surface area contributed by atoms with Gasteiger partial charge in [-0.25, -0.2) is 4.79 Å². The van der Waals surface area contributed by atoms with Crippen LogP contribution in [0.4, 0.5) is 0 Å². The molecular formula is C17H22N2O4. The van der Waals surface area contributed by atoms with Crippen molar-refractivity contribution in [1.29, 1.82) is 0 Å². The molecule has 0 bridgehead atoms. The zero-order valence-corrected chi connectivity index (χ0v) is 13.8. The lowest BCUT2D eigenvalue weighted by Crippen LogP contribution is -2.51. The van der Waals surface area contributed by atoms with E-state index in [1.807, 2.05) is 0 Å². The summed E-state index contributed by atoms with van der Waals surface area (Å²) in [5.41, 5.74) is 0.251. The molecule has 0 aliphatic heterocycles. The molecule has 1 aromatic rings. The summed E-state index contributed by atoms with van der Waals surface area (Å²) in [6, 6.07) is 6.80. The van der Waals surface area contributed by atoms with Gasteiger partial charge in [-0.1, -0.05) is 19.1 Å². The topological polar surface area (TPSA) is 84.5 Å². The van der Waals surface area contributed by atoms with Crippen LogP contribution in [0.3, 0.4) is 0 Å². The van der Waals surface area contributed by atoms with E-state index in [4.69, 9.17) is 4.74 Å². The summed E-state index contributed by atoms with van der Waals surface area (Å²) in [4.78, 5) is 35.1. The van der Waals surface area contributed by atoms with Crippen molar-refractivity contribution in [3.8, 4) is 0 Å². The first-order valence-electron chi connectivity index (χ1n) is 7.27. The number of ether oxygens (including phenoxy) is 1. The Morgan fingerprint density at radius 3 is 2.30 bits per heavy atom. The van der Waals surface area contributed by atoms with Crippen molar-refractivity contribution in [2.24, 2.45) is 0 Å². The molecule has 124 valence electrons. The summed E-state index contributed by atoms with van der Waals surface area (Å²) in [5, 5.41) is 5.17. The molecule has 0 aliphatic rings. The highest BCUT2D eigenvalue weighted by Crippen LogP contribution is 2.12. The molecule has 0 saturated heterocycles. The number of amides is 2. The molecule has 0 aliphatic carbocycles. The van der Waals surface area contributed by atoms with Gasteiger partial charge in [0.25, 0.3) is 5.91 Å². The number of nitrogens with one attached hydrogen (secondary N) is 2. The second-order valence-corrected chi connectivity index (χ2v) is 5.20. The third kappa shape index (κ3) is 4.95. The van der Waals surface area contributed by atoms with Gasteiger partial charge in [-0.2, -0.15) is 0 Å². The van der Waals surface area contributed by atoms with Gasteiger partial charge in [0.05, 0.1) is 7.11 Å². The van der Waals surface area contributed by atoms with E-state index >= 15 is 0 Å². The van der Waals surface area contributed by atoms with Crippen molar-refractivity contribution >= 4 is 23.9 Å². The Hall–Kier alpha value is -2.63. The molecular weight excluding hydrogens is 296 g/mol. The maximum Gasteiger partial charge on any atom is 0.331 e. The van der Waals surface area contributed by atoms with Gasteiger partial charge in [0.2, 0.25) is 5.91 Å². The Morgan fingerprint density at radius 2 is 1.83 bits per heavy atom. The van der Waals surface area contributed by atoms with Crippen LogP contribution in [-0.2, 0) is 14.3 Å². The number of benzene rings is 1. The molecule has 6 nitrogen and oxygen atoms in total. The largest absolute Gasteiger partial charge is 0.467 e. The quantitative estimate of drug-likeness (QED) is 0.615. The molecule has 0 radical (unpaired) electrons. The van der Waals surface area contributed by atoms with E-state index in [1.54, 1.807) is 51.2 Å². The van der Waals surface area contributed by atoms with Crippen LogP contribution in [0.25, 0.3) is 6.08 Å². The predicted molar refractivity (Wildman–Crippen MR) is 87.7 cm³/mol. The van der Waals surface area contributed by atoms with Crippen LogP contribution in [-0.4, -0.2) is 37.5 Å². The summed E-state index contributed by atoms with van der Waals surface area (Å²) in [5.74, 6) is -1.05. The van der Waals surface area contributed by atoms with Crippen LogP contribution in [0.2, 0.25) is 0 Å². The minimum Gasteiger partial charge on any atom is -0.467 e. The van der Waals surface area contributed by atoms with Crippen LogP contribution in [0.1, 0.15) is 36.2 Å². The Morgan fingerprint density at radius 1 is 1.22 bits per heavy atom. The van der Waals surface area contributed by atoms with Crippen molar-refractivity contribution < 1.29 is 19.1 Å². The van der Waals surface area contributed by atoms with Crippen LogP contribution in [0.5, 0.6) is 0 Å². The lowest BCUT2D eigenvalue weighted by atomic mass is 9.99. The number of esters is 1. The zero-order chi connectivity index (χ0) is 17.5. The monoisotopic (exact) mass is 318 g/mol. The van der Waals surface area contributed by atoms with Crippen molar-refractivity contribution in [3.63, 3.8) is 0 Å². The number of carbonyl (C=O) groups is 3. The third-order valence-corrected chi connectivity index (χ3v) is 3.57. The summed E-state index contributed by atoms with van der Waals surface area (Å²) >= 11 is 0. The lowest BCUT2D eigenvalue weighted by Gasteiger charge is -2.25. The van der Waals surface area contributed by atoms with Gasteiger partial charge in [0, 0.05) is 18.7 Å². The van der Waals surface area contributed by atoms with Gasteiger partial charge in [0.1, 0.15) is 5.54 Å². The molecule has 0 spiro atoms. The first kappa shape index (κ1) is 18.4. The van der Waals surface area contributed by atoms with Crippen molar-refractivity contribution in [2.45, 2.75) is 25.8 Å². The van der Waals surface area contributed by atoms with E-state index in [2.05, 4.69) is 10.6 Å². The third-order valence-electron chi connectivity index (χ3n) is 3.57. The SMILES string of the molecule is CC[C@@](C)(NC(=O)/C=C/c1ccc(C(=O)NC)cc1)C(=O)OC. The predicted octanol–water partition coefficient (Wildman–Crippen LogP) is 1.52. The second kappa shape index (κ2) is 8.12. The molecule has 0 heterocycles. The molecule has 1 rings (SSSR count). The van der Waals surface area contributed by atoms with Gasteiger partial charge in [0.15, 0.2) is 0 Å². The van der Waals surface area contributed by atoms with Crippen LogP contribution in [0.15, 0.2) is 30.3 Å². The number of hydrogen-bond donors (Lipinski definition) is 2. The first-order valence-corrected chi connectivity index (χ1v) is 7.27. The molecule has 0 aromatic heterocycles. The van der Waals surface area contributed by atoms with E-state index in [1.165, 1.54) is 13.2 Å². The maximum absolute atomic E-state index is 12.0. The Balaban J connectivity index is 2.75. The lowest BCUT2D eigenvalue weighted by molar-refractivity contribution is -0.149. The summed E-state index contributed by atoms with van der Waals surface area (Å²) in [6.07, 6.45) is 3.36. The number of rotatable bonds is 6. The van der Waals surface area contributed by atoms with E-state index in [9.17, 15) is 14.4 Å². The number of carbonyl (C=O) groups excluding carboxylic acids is 3. The number of methoxy groups -OCH3 is 1. The van der Waals surface area contributed by atoms with E-state index in [-0.39, 0.29) is 5.91 Å². The first-order chi connectivity index (χ1) is 10.9.